The van der Waals surface area contributed by atoms with E-state index in [0.29, 0.717) is 31.4 Å². The molecule has 0 aliphatic carbocycles. The van der Waals surface area contributed by atoms with E-state index in [1.165, 1.54) is 0 Å². The number of nitrogens with two attached hydrogens (primary N) is 1. The predicted molar refractivity (Wildman–Crippen MR) is 68.6 cm³/mol. The van der Waals surface area contributed by atoms with Crippen molar-refractivity contribution in [2.45, 2.75) is 45.6 Å². The minimum absolute atomic E-state index is 0.122. The Morgan fingerprint density at radius 1 is 1.53 bits per heavy atom. The average molecular weight is 242 g/mol. The lowest BCUT2D eigenvalue weighted by Crippen LogP contribution is -2.41. The number of nitrogens with one attached hydrogen (secondary N) is 1. The summed E-state index contributed by atoms with van der Waals surface area (Å²) < 4.78 is 5.34. The molecule has 17 heavy (non-hydrogen) atoms. The standard InChI is InChI=1S/C13H26N2O2/c1-10(2)6-11(8-14)7-13(16)15-12-4-3-5-17-9-12/h10-12H,3-9,14H2,1-2H3,(H,15,16)/t11-,12?/m0/s1. The van der Waals surface area contributed by atoms with E-state index >= 15 is 0 Å². The first kappa shape index (κ1) is 14.5. The molecule has 2 atom stereocenters. The molecule has 4 nitrogen and oxygen atoms in total. The summed E-state index contributed by atoms with van der Waals surface area (Å²) in [6.07, 6.45) is 3.64. The van der Waals surface area contributed by atoms with Gasteiger partial charge < -0.3 is 15.8 Å². The van der Waals surface area contributed by atoms with Gasteiger partial charge in [-0.25, -0.2) is 0 Å². The van der Waals surface area contributed by atoms with Gasteiger partial charge in [0.25, 0.3) is 0 Å². The Kier molecular flexibility index (Phi) is 6.52. The Bertz CT molecular complexity index is 225. The molecular formula is C13H26N2O2. The highest BCUT2D eigenvalue weighted by Gasteiger charge is 2.19. The van der Waals surface area contributed by atoms with Crippen molar-refractivity contribution in [2.24, 2.45) is 17.6 Å². The van der Waals surface area contributed by atoms with Crippen LogP contribution in [0, 0.1) is 11.8 Å². The third kappa shape index (κ3) is 6.03. The average Bonchev–Trinajstić information content (AvgIpc) is 2.28. The monoisotopic (exact) mass is 242 g/mol. The van der Waals surface area contributed by atoms with Crippen LogP contribution in [-0.2, 0) is 9.53 Å². The number of ether oxygens (including phenoxy) is 1. The first-order valence-electron chi connectivity index (χ1n) is 6.69. The minimum atomic E-state index is 0.122. The summed E-state index contributed by atoms with van der Waals surface area (Å²) in [4.78, 5) is 11.8. The van der Waals surface area contributed by atoms with Crippen molar-refractivity contribution in [2.75, 3.05) is 19.8 Å². The number of carbonyl (C=O) groups is 1. The molecule has 1 heterocycles. The second-order valence-corrected chi connectivity index (χ2v) is 5.42. The van der Waals surface area contributed by atoms with Crippen LogP contribution in [-0.4, -0.2) is 31.7 Å². The van der Waals surface area contributed by atoms with Gasteiger partial charge in [-0.05, 0) is 37.6 Å². The lowest BCUT2D eigenvalue weighted by atomic mass is 9.94. The van der Waals surface area contributed by atoms with Crippen LogP contribution < -0.4 is 11.1 Å². The van der Waals surface area contributed by atoms with Crippen molar-refractivity contribution in [1.82, 2.24) is 5.32 Å². The number of hydrogen-bond donors (Lipinski definition) is 2. The minimum Gasteiger partial charge on any atom is -0.379 e. The molecule has 0 radical (unpaired) electrons. The lowest BCUT2D eigenvalue weighted by Gasteiger charge is -2.24. The van der Waals surface area contributed by atoms with Gasteiger partial charge in [-0.3, -0.25) is 4.79 Å². The highest BCUT2D eigenvalue weighted by Crippen LogP contribution is 2.14. The van der Waals surface area contributed by atoms with Gasteiger partial charge in [0.05, 0.1) is 12.6 Å². The SMILES string of the molecule is CC(C)C[C@H](CN)CC(=O)NC1CCCOC1. The maximum Gasteiger partial charge on any atom is 0.220 e. The highest BCUT2D eigenvalue weighted by molar-refractivity contribution is 5.76. The van der Waals surface area contributed by atoms with Gasteiger partial charge in [-0.1, -0.05) is 13.8 Å². The van der Waals surface area contributed by atoms with E-state index < -0.39 is 0 Å². The van der Waals surface area contributed by atoms with Gasteiger partial charge in [0.15, 0.2) is 0 Å². The quantitative estimate of drug-likeness (QED) is 0.737. The van der Waals surface area contributed by atoms with E-state index in [1.54, 1.807) is 0 Å². The van der Waals surface area contributed by atoms with Crippen LogP contribution in [0.1, 0.15) is 39.5 Å². The molecule has 1 rings (SSSR count). The van der Waals surface area contributed by atoms with Crippen molar-refractivity contribution >= 4 is 5.91 Å². The number of amides is 1. The normalized spacial score (nSPS) is 22.5. The van der Waals surface area contributed by atoms with Gasteiger partial charge in [-0.2, -0.15) is 0 Å². The molecule has 1 unspecified atom stereocenters. The fraction of sp³-hybridized carbons (Fsp3) is 0.923. The number of rotatable bonds is 6. The van der Waals surface area contributed by atoms with E-state index in [1.807, 2.05) is 0 Å². The maximum absolute atomic E-state index is 11.8. The van der Waals surface area contributed by atoms with Gasteiger partial charge in [-0.15, -0.1) is 0 Å². The smallest absolute Gasteiger partial charge is 0.220 e. The van der Waals surface area contributed by atoms with Crippen LogP contribution >= 0.6 is 0 Å². The van der Waals surface area contributed by atoms with E-state index in [2.05, 4.69) is 19.2 Å². The van der Waals surface area contributed by atoms with E-state index in [4.69, 9.17) is 10.5 Å². The van der Waals surface area contributed by atoms with Crippen molar-refractivity contribution in [1.29, 1.82) is 0 Å². The zero-order valence-corrected chi connectivity index (χ0v) is 11.1. The summed E-state index contributed by atoms with van der Waals surface area (Å²) in [6, 6.07) is 0.203. The second-order valence-electron chi connectivity index (χ2n) is 5.42. The van der Waals surface area contributed by atoms with Gasteiger partial charge in [0, 0.05) is 13.0 Å². The lowest BCUT2D eigenvalue weighted by molar-refractivity contribution is -0.123. The summed E-state index contributed by atoms with van der Waals surface area (Å²) in [5, 5.41) is 3.04. The zero-order valence-electron chi connectivity index (χ0n) is 11.1. The summed E-state index contributed by atoms with van der Waals surface area (Å²) in [5.74, 6) is 1.02. The van der Waals surface area contributed by atoms with Crippen LogP contribution in [0.4, 0.5) is 0 Å². The Morgan fingerprint density at radius 3 is 2.82 bits per heavy atom. The molecule has 0 aromatic carbocycles. The zero-order chi connectivity index (χ0) is 12.7. The second kappa shape index (κ2) is 7.67. The van der Waals surface area contributed by atoms with E-state index in [9.17, 15) is 4.79 Å². The van der Waals surface area contributed by atoms with Crippen LogP contribution in [0.5, 0.6) is 0 Å². The molecule has 4 heteroatoms. The summed E-state index contributed by atoms with van der Waals surface area (Å²) in [7, 11) is 0. The fourth-order valence-corrected chi connectivity index (χ4v) is 2.33. The molecule has 1 aliphatic rings. The summed E-state index contributed by atoms with van der Waals surface area (Å²) in [6.45, 7) is 6.40. The molecule has 1 saturated heterocycles. The van der Waals surface area contributed by atoms with E-state index in [0.717, 1.165) is 25.9 Å². The first-order chi connectivity index (χ1) is 8.11. The molecule has 1 amide bonds. The van der Waals surface area contributed by atoms with Crippen LogP contribution in [0.15, 0.2) is 0 Å². The molecule has 0 saturated carbocycles. The molecule has 0 aromatic heterocycles. The van der Waals surface area contributed by atoms with Gasteiger partial charge in [0.2, 0.25) is 5.91 Å². The predicted octanol–water partition coefficient (Wildman–Crippen LogP) is 1.29. The number of carbonyl (C=O) groups excluding carboxylic acids is 1. The third-order valence-electron chi connectivity index (χ3n) is 3.14. The topological polar surface area (TPSA) is 64.4 Å². The summed E-state index contributed by atoms with van der Waals surface area (Å²) >= 11 is 0. The molecule has 1 fully saturated rings. The van der Waals surface area contributed by atoms with Crippen molar-refractivity contribution in [3.8, 4) is 0 Å². The molecular weight excluding hydrogens is 216 g/mol. The largest absolute Gasteiger partial charge is 0.379 e. The Morgan fingerprint density at radius 2 is 2.29 bits per heavy atom. The van der Waals surface area contributed by atoms with Gasteiger partial charge >= 0.3 is 0 Å². The Hall–Kier alpha value is -0.610. The molecule has 100 valence electrons. The highest BCUT2D eigenvalue weighted by atomic mass is 16.5. The maximum atomic E-state index is 11.8. The summed E-state index contributed by atoms with van der Waals surface area (Å²) in [5.41, 5.74) is 5.70. The van der Waals surface area contributed by atoms with Crippen LogP contribution in [0.3, 0.4) is 0 Å². The van der Waals surface area contributed by atoms with Crippen LogP contribution in [0.2, 0.25) is 0 Å². The third-order valence-corrected chi connectivity index (χ3v) is 3.14. The molecule has 0 spiro atoms. The molecule has 3 N–H and O–H groups in total. The van der Waals surface area contributed by atoms with Crippen molar-refractivity contribution in [3.05, 3.63) is 0 Å². The molecule has 1 aliphatic heterocycles. The van der Waals surface area contributed by atoms with Gasteiger partial charge in [0.1, 0.15) is 0 Å². The number of hydrogen-bond acceptors (Lipinski definition) is 3. The first-order valence-corrected chi connectivity index (χ1v) is 6.69. The Labute approximate surface area is 104 Å². The molecule has 0 bridgehead atoms. The fourth-order valence-electron chi connectivity index (χ4n) is 2.33. The molecule has 0 aromatic rings. The van der Waals surface area contributed by atoms with Crippen LogP contribution in [0.25, 0.3) is 0 Å². The Balaban J connectivity index is 2.26. The van der Waals surface area contributed by atoms with Crippen molar-refractivity contribution in [3.63, 3.8) is 0 Å². The van der Waals surface area contributed by atoms with E-state index in [-0.39, 0.29) is 11.9 Å². The van der Waals surface area contributed by atoms with Crippen molar-refractivity contribution < 1.29 is 9.53 Å².